The molecule has 0 amide bonds. The van der Waals surface area contributed by atoms with E-state index in [1.807, 2.05) is 0 Å². The molecule has 1 saturated heterocycles. The van der Waals surface area contributed by atoms with Gasteiger partial charge in [0.1, 0.15) is 0 Å². The fourth-order valence-corrected chi connectivity index (χ4v) is 3.06. The van der Waals surface area contributed by atoms with Crippen molar-refractivity contribution in [1.29, 1.82) is 0 Å². The van der Waals surface area contributed by atoms with Gasteiger partial charge in [0, 0.05) is 13.2 Å². The van der Waals surface area contributed by atoms with Crippen LogP contribution in [0.25, 0.3) is 0 Å². The summed E-state index contributed by atoms with van der Waals surface area (Å²) in [5, 5.41) is 0. The first-order valence-electron chi connectivity index (χ1n) is 7.99. The second-order valence-electron chi connectivity index (χ2n) is 5.84. The van der Waals surface area contributed by atoms with Gasteiger partial charge in [-0.05, 0) is 19.3 Å². The molecule has 0 spiro atoms. The van der Waals surface area contributed by atoms with Crippen LogP contribution in [0.4, 0.5) is 0 Å². The Morgan fingerprint density at radius 2 is 2.16 bits per heavy atom. The lowest BCUT2D eigenvalue weighted by atomic mass is 10.1. The van der Waals surface area contributed by atoms with Crippen molar-refractivity contribution >= 4 is 5.96 Å². The summed E-state index contributed by atoms with van der Waals surface area (Å²) < 4.78 is 5.72. The molecule has 0 saturated carbocycles. The average Bonchev–Trinajstić information content (AvgIpc) is 3.03. The van der Waals surface area contributed by atoms with Gasteiger partial charge < -0.3 is 15.4 Å². The maximum absolute atomic E-state index is 6.02. The van der Waals surface area contributed by atoms with Crippen molar-refractivity contribution < 1.29 is 4.74 Å². The molecular formula is C15H29N3O. The second kappa shape index (κ2) is 7.73. The Bertz CT molecular complexity index is 287. The van der Waals surface area contributed by atoms with Crippen molar-refractivity contribution in [2.45, 2.75) is 70.4 Å². The Morgan fingerprint density at radius 1 is 1.32 bits per heavy atom. The van der Waals surface area contributed by atoms with Crippen molar-refractivity contribution in [3.63, 3.8) is 0 Å². The highest BCUT2D eigenvalue weighted by molar-refractivity contribution is 5.80. The van der Waals surface area contributed by atoms with Crippen LogP contribution in [0.2, 0.25) is 0 Å². The van der Waals surface area contributed by atoms with Gasteiger partial charge in [0.05, 0.1) is 18.7 Å². The van der Waals surface area contributed by atoms with Crippen LogP contribution in [-0.4, -0.2) is 42.7 Å². The lowest BCUT2D eigenvalue weighted by Crippen LogP contribution is -2.44. The predicted octanol–water partition coefficient (Wildman–Crippen LogP) is 2.52. The van der Waals surface area contributed by atoms with Crippen LogP contribution in [-0.2, 0) is 4.74 Å². The van der Waals surface area contributed by atoms with E-state index in [0.717, 1.165) is 25.7 Å². The molecule has 2 unspecified atom stereocenters. The van der Waals surface area contributed by atoms with Crippen molar-refractivity contribution in [2.75, 3.05) is 19.7 Å². The molecule has 4 heteroatoms. The Morgan fingerprint density at radius 3 is 2.89 bits per heavy atom. The minimum atomic E-state index is 0.370. The molecule has 0 aromatic carbocycles. The van der Waals surface area contributed by atoms with Gasteiger partial charge >= 0.3 is 0 Å². The van der Waals surface area contributed by atoms with Crippen LogP contribution in [0.5, 0.6) is 0 Å². The normalized spacial score (nSPS) is 27.0. The largest absolute Gasteiger partial charge is 0.376 e. The lowest BCUT2D eigenvalue weighted by molar-refractivity contribution is 0.0841. The fraction of sp³-hybridized carbons (Fsp3) is 0.933. The van der Waals surface area contributed by atoms with E-state index >= 15 is 0 Å². The second-order valence-corrected chi connectivity index (χ2v) is 5.84. The Kier molecular flexibility index (Phi) is 5.95. The van der Waals surface area contributed by atoms with Crippen molar-refractivity contribution in [3.8, 4) is 0 Å². The number of hydrogen-bond donors (Lipinski definition) is 1. The summed E-state index contributed by atoms with van der Waals surface area (Å²) >= 11 is 0. The smallest absolute Gasteiger partial charge is 0.191 e. The SMILES string of the molecule is CCCCCCCC1CN=C(N)N1CC1CCCO1. The van der Waals surface area contributed by atoms with E-state index in [4.69, 9.17) is 10.5 Å². The van der Waals surface area contributed by atoms with E-state index in [1.54, 1.807) is 0 Å². The molecule has 19 heavy (non-hydrogen) atoms. The highest BCUT2D eigenvalue weighted by atomic mass is 16.5. The number of ether oxygens (including phenoxy) is 1. The van der Waals surface area contributed by atoms with Crippen molar-refractivity contribution in [2.24, 2.45) is 10.7 Å². The van der Waals surface area contributed by atoms with Crippen molar-refractivity contribution in [1.82, 2.24) is 4.90 Å². The summed E-state index contributed by atoms with van der Waals surface area (Å²) in [5.74, 6) is 0.731. The molecule has 0 aromatic heterocycles. The number of nitrogens with zero attached hydrogens (tertiary/aromatic N) is 2. The molecule has 2 aliphatic rings. The van der Waals surface area contributed by atoms with Crippen LogP contribution in [0.3, 0.4) is 0 Å². The van der Waals surface area contributed by atoms with Crippen molar-refractivity contribution in [3.05, 3.63) is 0 Å². The van der Waals surface area contributed by atoms with Crippen LogP contribution >= 0.6 is 0 Å². The molecule has 0 bridgehead atoms. The van der Waals surface area contributed by atoms with Crippen LogP contribution in [0.15, 0.2) is 4.99 Å². The molecule has 1 fully saturated rings. The summed E-state index contributed by atoms with van der Waals surface area (Å²) in [6.45, 7) is 4.99. The van der Waals surface area contributed by atoms with Crippen LogP contribution < -0.4 is 5.73 Å². The lowest BCUT2D eigenvalue weighted by Gasteiger charge is -2.28. The minimum Gasteiger partial charge on any atom is -0.376 e. The van der Waals surface area contributed by atoms with E-state index in [9.17, 15) is 0 Å². The maximum atomic E-state index is 6.02. The average molecular weight is 267 g/mol. The highest BCUT2D eigenvalue weighted by Crippen LogP contribution is 2.20. The Labute approximate surface area is 117 Å². The molecule has 2 atom stereocenters. The van der Waals surface area contributed by atoms with Gasteiger partial charge in [0.25, 0.3) is 0 Å². The number of rotatable bonds is 8. The summed E-state index contributed by atoms with van der Waals surface area (Å²) in [4.78, 5) is 6.71. The molecule has 0 aliphatic carbocycles. The molecule has 4 nitrogen and oxygen atoms in total. The fourth-order valence-electron chi connectivity index (χ4n) is 3.06. The monoisotopic (exact) mass is 267 g/mol. The number of hydrogen-bond acceptors (Lipinski definition) is 4. The summed E-state index contributed by atoms with van der Waals surface area (Å²) in [6.07, 6.45) is 10.6. The molecule has 2 heterocycles. The van der Waals surface area contributed by atoms with E-state index in [0.29, 0.717) is 12.1 Å². The third kappa shape index (κ3) is 4.37. The van der Waals surface area contributed by atoms with E-state index in [2.05, 4.69) is 16.8 Å². The van der Waals surface area contributed by atoms with Gasteiger partial charge in [-0.15, -0.1) is 0 Å². The standard InChI is InChI=1S/C15H29N3O/c1-2-3-4-5-6-8-13-11-17-15(16)18(13)12-14-9-7-10-19-14/h13-14H,2-12H2,1H3,(H2,16,17). The molecule has 110 valence electrons. The predicted molar refractivity (Wildman–Crippen MR) is 79.3 cm³/mol. The minimum absolute atomic E-state index is 0.370. The van der Waals surface area contributed by atoms with Crippen LogP contribution in [0, 0.1) is 0 Å². The van der Waals surface area contributed by atoms with Gasteiger partial charge in [-0.1, -0.05) is 39.0 Å². The zero-order chi connectivity index (χ0) is 13.5. The molecular weight excluding hydrogens is 238 g/mol. The first kappa shape index (κ1) is 14.6. The number of unbranched alkanes of at least 4 members (excludes halogenated alkanes) is 4. The number of aliphatic imine (C=N–C) groups is 1. The Hall–Kier alpha value is -0.770. The zero-order valence-corrected chi connectivity index (χ0v) is 12.3. The number of guanidine groups is 1. The van der Waals surface area contributed by atoms with Gasteiger partial charge in [-0.25, -0.2) is 0 Å². The highest BCUT2D eigenvalue weighted by Gasteiger charge is 2.29. The summed E-state index contributed by atoms with van der Waals surface area (Å²) in [5.41, 5.74) is 6.02. The first-order chi connectivity index (χ1) is 9.31. The summed E-state index contributed by atoms with van der Waals surface area (Å²) in [7, 11) is 0. The third-order valence-corrected chi connectivity index (χ3v) is 4.26. The number of nitrogens with two attached hydrogens (primary N) is 1. The zero-order valence-electron chi connectivity index (χ0n) is 12.3. The van der Waals surface area contributed by atoms with E-state index in [1.165, 1.54) is 51.4 Å². The molecule has 0 radical (unpaired) electrons. The van der Waals surface area contributed by atoms with Gasteiger partial charge in [-0.3, -0.25) is 4.99 Å². The van der Waals surface area contributed by atoms with E-state index < -0.39 is 0 Å². The first-order valence-corrected chi connectivity index (χ1v) is 7.99. The van der Waals surface area contributed by atoms with Gasteiger partial charge in [-0.2, -0.15) is 0 Å². The Balaban J connectivity index is 1.70. The van der Waals surface area contributed by atoms with Crippen LogP contribution in [0.1, 0.15) is 58.3 Å². The molecule has 0 aromatic rings. The van der Waals surface area contributed by atoms with E-state index in [-0.39, 0.29) is 0 Å². The maximum Gasteiger partial charge on any atom is 0.191 e. The topological polar surface area (TPSA) is 50.8 Å². The molecule has 2 aliphatic heterocycles. The third-order valence-electron chi connectivity index (χ3n) is 4.26. The molecule has 2 N–H and O–H groups in total. The van der Waals surface area contributed by atoms with Gasteiger partial charge in [0.15, 0.2) is 5.96 Å². The molecule has 2 rings (SSSR count). The van der Waals surface area contributed by atoms with Gasteiger partial charge in [0.2, 0.25) is 0 Å². The summed E-state index contributed by atoms with van der Waals surface area (Å²) in [6, 6.07) is 0.519. The quantitative estimate of drug-likeness (QED) is 0.688.